The molecule has 0 aliphatic carbocycles. The molecule has 1 unspecified atom stereocenters. The van der Waals surface area contributed by atoms with Crippen LogP contribution in [0.2, 0.25) is 0 Å². The maximum Gasteiger partial charge on any atom is 0.123 e. The van der Waals surface area contributed by atoms with Crippen molar-refractivity contribution in [2.45, 2.75) is 26.8 Å². The Kier molecular flexibility index (Phi) is 7.12. The highest BCUT2D eigenvalue weighted by atomic mass is 19.1. The average molecular weight is 295 g/mol. The van der Waals surface area contributed by atoms with Gasteiger partial charge in [-0.1, -0.05) is 13.8 Å². The van der Waals surface area contributed by atoms with Crippen molar-refractivity contribution < 1.29 is 4.39 Å². The highest BCUT2D eigenvalue weighted by Gasteiger charge is 2.17. The molecule has 4 heteroatoms. The molecule has 0 fully saturated rings. The van der Waals surface area contributed by atoms with Crippen LogP contribution in [0.4, 0.5) is 10.1 Å². The normalized spacial score (nSPS) is 13.0. The molecule has 0 aromatic heterocycles. The lowest BCUT2D eigenvalue weighted by molar-refractivity contribution is 0.408. The topological polar surface area (TPSA) is 18.5 Å². The predicted octanol–water partition coefficient (Wildman–Crippen LogP) is 3.13. The van der Waals surface area contributed by atoms with Crippen molar-refractivity contribution in [2.24, 2.45) is 5.92 Å². The third-order valence-corrected chi connectivity index (χ3v) is 3.63. The van der Waals surface area contributed by atoms with Gasteiger partial charge in [-0.15, -0.1) is 0 Å². The minimum Gasteiger partial charge on any atom is -0.370 e. The largest absolute Gasteiger partial charge is 0.370 e. The summed E-state index contributed by atoms with van der Waals surface area (Å²) in [6.45, 7) is 9.40. The first-order valence-electron chi connectivity index (χ1n) is 7.71. The zero-order chi connectivity index (χ0) is 16.0. The minimum atomic E-state index is -0.173. The van der Waals surface area contributed by atoms with E-state index in [4.69, 9.17) is 0 Å². The van der Waals surface area contributed by atoms with Crippen LogP contribution in [0, 0.1) is 11.7 Å². The van der Waals surface area contributed by atoms with E-state index in [1.807, 2.05) is 13.1 Å². The number of halogens is 1. The molecule has 0 saturated heterocycles. The molecule has 0 heterocycles. The first kappa shape index (κ1) is 17.9. The molecule has 21 heavy (non-hydrogen) atoms. The Hall–Kier alpha value is -1.13. The summed E-state index contributed by atoms with van der Waals surface area (Å²) in [4.78, 5) is 4.55. The van der Waals surface area contributed by atoms with Gasteiger partial charge in [-0.25, -0.2) is 4.39 Å². The molecule has 0 amide bonds. The summed E-state index contributed by atoms with van der Waals surface area (Å²) in [5.74, 6) is 0.392. The average Bonchev–Trinajstić information content (AvgIpc) is 2.42. The number of hydrogen-bond acceptors (Lipinski definition) is 3. The van der Waals surface area contributed by atoms with Crippen molar-refractivity contribution in [1.29, 1.82) is 0 Å². The summed E-state index contributed by atoms with van der Waals surface area (Å²) in [6.07, 6.45) is 0. The lowest BCUT2D eigenvalue weighted by Crippen LogP contribution is -2.35. The lowest BCUT2D eigenvalue weighted by Gasteiger charge is -2.31. The Bertz CT molecular complexity index is 432. The molecular weight excluding hydrogens is 265 g/mol. The quantitative estimate of drug-likeness (QED) is 0.795. The third kappa shape index (κ3) is 5.64. The second kappa shape index (κ2) is 8.35. The van der Waals surface area contributed by atoms with Crippen LogP contribution in [-0.2, 0) is 0 Å². The van der Waals surface area contributed by atoms with Crippen LogP contribution in [0.1, 0.15) is 32.4 Å². The SMILES string of the molecule is CNC(C)c1cc(F)ccc1N(CCN(C)C)CC(C)C. The highest BCUT2D eigenvalue weighted by molar-refractivity contribution is 5.55. The van der Waals surface area contributed by atoms with Gasteiger partial charge in [0.1, 0.15) is 5.82 Å². The summed E-state index contributed by atoms with van der Waals surface area (Å²) in [5, 5.41) is 3.22. The maximum atomic E-state index is 13.6. The van der Waals surface area contributed by atoms with Crippen molar-refractivity contribution in [3.63, 3.8) is 0 Å². The van der Waals surface area contributed by atoms with Gasteiger partial charge >= 0.3 is 0 Å². The molecule has 1 N–H and O–H groups in total. The third-order valence-electron chi connectivity index (χ3n) is 3.63. The molecule has 1 aromatic rings. The second-order valence-electron chi connectivity index (χ2n) is 6.36. The first-order chi connectivity index (χ1) is 9.85. The molecule has 0 aliphatic rings. The van der Waals surface area contributed by atoms with Crippen molar-refractivity contribution in [2.75, 3.05) is 45.7 Å². The van der Waals surface area contributed by atoms with Crippen LogP contribution in [0.5, 0.6) is 0 Å². The van der Waals surface area contributed by atoms with Gasteiger partial charge in [0, 0.05) is 31.4 Å². The number of rotatable bonds is 8. The molecule has 0 bridgehead atoms. The Balaban J connectivity index is 3.09. The smallest absolute Gasteiger partial charge is 0.123 e. The van der Waals surface area contributed by atoms with Gasteiger partial charge in [0.2, 0.25) is 0 Å². The van der Waals surface area contributed by atoms with Crippen LogP contribution in [0.25, 0.3) is 0 Å². The van der Waals surface area contributed by atoms with E-state index in [0.29, 0.717) is 5.92 Å². The number of benzene rings is 1. The number of nitrogens with one attached hydrogen (secondary N) is 1. The van der Waals surface area contributed by atoms with Crippen molar-refractivity contribution >= 4 is 5.69 Å². The van der Waals surface area contributed by atoms with Crippen LogP contribution >= 0.6 is 0 Å². The van der Waals surface area contributed by atoms with E-state index in [1.54, 1.807) is 12.1 Å². The number of nitrogens with zero attached hydrogens (tertiary/aromatic N) is 2. The van der Waals surface area contributed by atoms with E-state index >= 15 is 0 Å². The van der Waals surface area contributed by atoms with E-state index in [1.165, 1.54) is 0 Å². The van der Waals surface area contributed by atoms with E-state index < -0.39 is 0 Å². The maximum absolute atomic E-state index is 13.6. The zero-order valence-corrected chi connectivity index (χ0v) is 14.3. The monoisotopic (exact) mass is 295 g/mol. The van der Waals surface area contributed by atoms with Gasteiger partial charge in [0.25, 0.3) is 0 Å². The van der Waals surface area contributed by atoms with E-state index in [-0.39, 0.29) is 11.9 Å². The van der Waals surface area contributed by atoms with E-state index in [2.05, 4.69) is 50.0 Å². The molecule has 1 aromatic carbocycles. The fraction of sp³-hybridized carbons (Fsp3) is 0.647. The van der Waals surface area contributed by atoms with Gasteiger partial charge in [0.15, 0.2) is 0 Å². The second-order valence-corrected chi connectivity index (χ2v) is 6.36. The molecule has 1 atom stereocenters. The van der Waals surface area contributed by atoms with E-state index in [9.17, 15) is 4.39 Å². The van der Waals surface area contributed by atoms with Gasteiger partial charge < -0.3 is 15.1 Å². The highest BCUT2D eigenvalue weighted by Crippen LogP contribution is 2.28. The Morgan fingerprint density at radius 1 is 1.14 bits per heavy atom. The van der Waals surface area contributed by atoms with Gasteiger partial charge in [-0.05, 0) is 57.7 Å². The van der Waals surface area contributed by atoms with Crippen LogP contribution in [-0.4, -0.2) is 45.7 Å². The number of anilines is 1. The molecule has 120 valence electrons. The predicted molar refractivity (Wildman–Crippen MR) is 89.5 cm³/mol. The molecule has 0 spiro atoms. The Morgan fingerprint density at radius 2 is 1.81 bits per heavy atom. The fourth-order valence-electron chi connectivity index (χ4n) is 2.39. The molecular formula is C17H30FN3. The fourth-order valence-corrected chi connectivity index (χ4v) is 2.39. The van der Waals surface area contributed by atoms with E-state index in [0.717, 1.165) is 30.9 Å². The zero-order valence-electron chi connectivity index (χ0n) is 14.3. The van der Waals surface area contributed by atoms with Crippen molar-refractivity contribution in [1.82, 2.24) is 10.2 Å². The van der Waals surface area contributed by atoms with Crippen LogP contribution < -0.4 is 10.2 Å². The van der Waals surface area contributed by atoms with Crippen LogP contribution in [0.15, 0.2) is 18.2 Å². The Labute approximate surface area is 129 Å². The van der Waals surface area contributed by atoms with Gasteiger partial charge in [-0.2, -0.15) is 0 Å². The molecule has 3 nitrogen and oxygen atoms in total. The number of hydrogen-bond donors (Lipinski definition) is 1. The van der Waals surface area contributed by atoms with Crippen molar-refractivity contribution in [3.8, 4) is 0 Å². The number of likely N-dealkylation sites (N-methyl/N-ethyl adjacent to an activating group) is 1. The summed E-state index contributed by atoms with van der Waals surface area (Å²) in [5.41, 5.74) is 2.16. The standard InChI is InChI=1S/C17H30FN3/c1-13(2)12-21(10-9-20(5)6)17-8-7-15(18)11-16(17)14(3)19-4/h7-8,11,13-14,19H,9-10,12H2,1-6H3. The van der Waals surface area contributed by atoms with Gasteiger partial charge in [0.05, 0.1) is 0 Å². The molecule has 1 rings (SSSR count). The first-order valence-corrected chi connectivity index (χ1v) is 7.71. The molecule has 0 aliphatic heterocycles. The lowest BCUT2D eigenvalue weighted by atomic mass is 10.0. The minimum absolute atomic E-state index is 0.129. The van der Waals surface area contributed by atoms with Crippen LogP contribution in [0.3, 0.4) is 0 Å². The van der Waals surface area contributed by atoms with Gasteiger partial charge in [-0.3, -0.25) is 0 Å². The summed E-state index contributed by atoms with van der Waals surface area (Å²) in [7, 11) is 6.07. The molecule has 0 radical (unpaired) electrons. The Morgan fingerprint density at radius 3 is 2.33 bits per heavy atom. The molecule has 0 saturated carbocycles. The summed E-state index contributed by atoms with van der Waals surface area (Å²) >= 11 is 0. The summed E-state index contributed by atoms with van der Waals surface area (Å²) in [6, 6.07) is 5.25. The van der Waals surface area contributed by atoms with Crippen molar-refractivity contribution in [3.05, 3.63) is 29.6 Å². The summed E-state index contributed by atoms with van der Waals surface area (Å²) < 4.78 is 13.6.